The Hall–Kier alpha value is -2.80. The number of allylic oxidation sites excluding steroid dienone is 4. The number of carbonyl (C=O) groups excluding carboxylic acids is 2. The molecule has 3 aliphatic heterocycles. The number of hydrogen-bond acceptors (Lipinski definition) is 4. The summed E-state index contributed by atoms with van der Waals surface area (Å²) < 4.78 is 0. The highest BCUT2D eigenvalue weighted by atomic mass is 35.5. The molecule has 1 aliphatic carbocycles. The number of urea groups is 1. The van der Waals surface area contributed by atoms with Gasteiger partial charge < -0.3 is 10.2 Å². The number of nitrogens with zero attached hydrogens (tertiary/aromatic N) is 2. The van der Waals surface area contributed by atoms with Crippen molar-refractivity contribution in [3.8, 4) is 0 Å². The van der Waals surface area contributed by atoms with Crippen molar-refractivity contribution < 1.29 is 9.59 Å². The van der Waals surface area contributed by atoms with Crippen LogP contribution in [0.5, 0.6) is 0 Å². The van der Waals surface area contributed by atoms with Crippen molar-refractivity contribution in [3.05, 3.63) is 106 Å². The van der Waals surface area contributed by atoms with Crippen molar-refractivity contribution >= 4 is 35.2 Å². The van der Waals surface area contributed by atoms with Crippen molar-refractivity contribution in [1.82, 2.24) is 15.1 Å². The molecule has 0 aromatic heterocycles. The van der Waals surface area contributed by atoms with Crippen LogP contribution in [0.3, 0.4) is 0 Å². The number of thioether (sulfide) groups is 1. The lowest BCUT2D eigenvalue weighted by Gasteiger charge is -2.43. The van der Waals surface area contributed by atoms with Crippen LogP contribution in [0, 0.1) is 17.3 Å². The zero-order valence-corrected chi connectivity index (χ0v) is 25.7. The lowest BCUT2D eigenvalue weighted by atomic mass is 9.69. The van der Waals surface area contributed by atoms with E-state index >= 15 is 0 Å². The standard InChI is InChI=1S/C35H40ClN3O2S/c36-31-11-5-4-9-28(31)22-29-24-39(33-12-6-10-30-25-42-20-15-35(30,33)23-32(29)40)34(41)37-16-19-38-17-13-27(14-18-38)21-26-7-2-1-3-8-26/h1-12,25,27,29H,13-24H2,(H,37,41)/t29?,35-/m0/s1. The summed E-state index contributed by atoms with van der Waals surface area (Å²) in [5.74, 6) is 1.56. The second kappa shape index (κ2) is 13.2. The number of piperidine rings is 1. The molecule has 2 atom stereocenters. The Bertz CT molecular complexity index is 1380. The minimum absolute atomic E-state index is 0.105. The molecule has 2 amide bonds. The summed E-state index contributed by atoms with van der Waals surface area (Å²) in [6, 6.07) is 18.4. The van der Waals surface area contributed by atoms with Crippen molar-refractivity contribution in [1.29, 1.82) is 0 Å². The molecule has 2 fully saturated rings. The zero-order valence-electron chi connectivity index (χ0n) is 24.1. The van der Waals surface area contributed by atoms with E-state index in [1.165, 1.54) is 18.4 Å². The van der Waals surface area contributed by atoms with E-state index < -0.39 is 5.41 Å². The first-order chi connectivity index (χ1) is 20.5. The highest BCUT2D eigenvalue weighted by molar-refractivity contribution is 8.02. The van der Waals surface area contributed by atoms with Crippen LogP contribution >= 0.6 is 23.4 Å². The molecule has 5 nitrogen and oxygen atoms in total. The second-order valence-corrected chi connectivity index (χ2v) is 13.5. The quantitative estimate of drug-likeness (QED) is 0.375. The summed E-state index contributed by atoms with van der Waals surface area (Å²) in [7, 11) is 0. The van der Waals surface area contributed by atoms with Crippen LogP contribution in [0.4, 0.5) is 4.79 Å². The number of Topliss-reactive ketones (excluding diaryl/α,β-unsaturated/α-hetero) is 1. The highest BCUT2D eigenvalue weighted by Crippen LogP contribution is 2.52. The molecule has 42 heavy (non-hydrogen) atoms. The lowest BCUT2D eigenvalue weighted by Crippen LogP contribution is -2.48. The summed E-state index contributed by atoms with van der Waals surface area (Å²) in [5, 5.41) is 6.09. The van der Waals surface area contributed by atoms with E-state index in [9.17, 15) is 9.59 Å². The molecule has 1 spiro atoms. The van der Waals surface area contributed by atoms with Gasteiger partial charge in [-0.25, -0.2) is 4.79 Å². The van der Waals surface area contributed by atoms with Crippen LogP contribution < -0.4 is 5.32 Å². The maximum atomic E-state index is 13.9. The van der Waals surface area contributed by atoms with E-state index in [1.54, 1.807) is 11.8 Å². The monoisotopic (exact) mass is 601 g/mol. The van der Waals surface area contributed by atoms with Gasteiger partial charge in [-0.05, 0) is 91.1 Å². The Morgan fingerprint density at radius 1 is 1.05 bits per heavy atom. The number of nitrogens with one attached hydrogen (secondary N) is 1. The average Bonchev–Trinajstić information content (AvgIpc) is 3.12. The minimum atomic E-state index is -0.440. The molecule has 2 aromatic carbocycles. The summed E-state index contributed by atoms with van der Waals surface area (Å²) >= 11 is 8.30. The highest BCUT2D eigenvalue weighted by Gasteiger charge is 2.49. The lowest BCUT2D eigenvalue weighted by molar-refractivity contribution is -0.123. The smallest absolute Gasteiger partial charge is 0.321 e. The van der Waals surface area contributed by atoms with Crippen LogP contribution in [0.2, 0.25) is 5.02 Å². The molecule has 2 saturated heterocycles. The molecule has 0 saturated carbocycles. The number of ketones is 1. The molecule has 0 radical (unpaired) electrons. The average molecular weight is 602 g/mol. The first-order valence-electron chi connectivity index (χ1n) is 15.3. The van der Waals surface area contributed by atoms with Crippen molar-refractivity contribution in [2.45, 2.75) is 38.5 Å². The Labute approximate surface area is 259 Å². The number of halogens is 1. The van der Waals surface area contributed by atoms with Crippen LogP contribution in [0.1, 0.15) is 36.8 Å². The predicted molar refractivity (Wildman–Crippen MR) is 172 cm³/mol. The topological polar surface area (TPSA) is 52.7 Å². The Morgan fingerprint density at radius 3 is 2.64 bits per heavy atom. The van der Waals surface area contributed by atoms with Gasteiger partial charge in [-0.3, -0.25) is 9.69 Å². The van der Waals surface area contributed by atoms with E-state index in [0.29, 0.717) is 31.0 Å². The van der Waals surface area contributed by atoms with Gasteiger partial charge in [0.05, 0.1) is 0 Å². The molecule has 1 N–H and O–H groups in total. The van der Waals surface area contributed by atoms with E-state index in [2.05, 4.69) is 58.1 Å². The number of likely N-dealkylation sites (tertiary alicyclic amines) is 2. The fourth-order valence-corrected chi connectivity index (χ4v) is 8.37. The number of amides is 2. The van der Waals surface area contributed by atoms with Crippen LogP contribution in [-0.4, -0.2) is 60.1 Å². The molecule has 4 aliphatic rings. The third kappa shape index (κ3) is 6.41. The molecule has 2 aromatic rings. The zero-order chi connectivity index (χ0) is 28.9. The van der Waals surface area contributed by atoms with Gasteiger partial charge in [0.1, 0.15) is 5.78 Å². The van der Waals surface area contributed by atoms with E-state index in [-0.39, 0.29) is 17.7 Å². The van der Waals surface area contributed by atoms with E-state index in [1.807, 2.05) is 35.2 Å². The number of hydrogen-bond donors (Lipinski definition) is 1. The normalized spacial score (nSPS) is 24.7. The summed E-state index contributed by atoms with van der Waals surface area (Å²) in [6.45, 7) is 3.93. The van der Waals surface area contributed by atoms with Gasteiger partial charge in [0.15, 0.2) is 0 Å². The predicted octanol–water partition coefficient (Wildman–Crippen LogP) is 6.90. The summed E-state index contributed by atoms with van der Waals surface area (Å²) in [4.78, 5) is 32.1. The first-order valence-corrected chi connectivity index (χ1v) is 16.7. The van der Waals surface area contributed by atoms with Gasteiger partial charge >= 0.3 is 6.03 Å². The van der Waals surface area contributed by atoms with Gasteiger partial charge in [0.2, 0.25) is 0 Å². The van der Waals surface area contributed by atoms with Crippen molar-refractivity contribution in [2.75, 3.05) is 38.5 Å². The number of benzene rings is 2. The van der Waals surface area contributed by atoms with Gasteiger partial charge in [-0.1, -0.05) is 72.3 Å². The van der Waals surface area contributed by atoms with Gasteiger partial charge in [0.25, 0.3) is 0 Å². The largest absolute Gasteiger partial charge is 0.336 e. The fourth-order valence-electron chi connectivity index (χ4n) is 7.09. The molecule has 0 bridgehead atoms. The van der Waals surface area contributed by atoms with E-state index in [0.717, 1.165) is 61.0 Å². The van der Waals surface area contributed by atoms with Gasteiger partial charge in [-0.2, -0.15) is 0 Å². The summed E-state index contributed by atoms with van der Waals surface area (Å²) in [5.41, 5.74) is 4.05. The molecule has 3 heterocycles. The molecule has 6 rings (SSSR count). The number of rotatable bonds is 7. The third-order valence-corrected chi connectivity index (χ3v) is 10.7. The van der Waals surface area contributed by atoms with Crippen LogP contribution in [0.25, 0.3) is 0 Å². The van der Waals surface area contributed by atoms with Crippen molar-refractivity contribution in [2.24, 2.45) is 17.3 Å². The molecule has 1 unspecified atom stereocenters. The maximum Gasteiger partial charge on any atom is 0.321 e. The molecular weight excluding hydrogens is 562 g/mol. The van der Waals surface area contributed by atoms with E-state index in [4.69, 9.17) is 11.6 Å². The molecular formula is C35H40ClN3O2S. The van der Waals surface area contributed by atoms with Crippen LogP contribution in [0.15, 0.2) is 89.5 Å². The van der Waals surface area contributed by atoms with Gasteiger partial charge in [-0.15, -0.1) is 11.8 Å². The van der Waals surface area contributed by atoms with Gasteiger partial charge in [0, 0.05) is 48.1 Å². The maximum absolute atomic E-state index is 13.9. The first kappa shape index (κ1) is 29.3. The minimum Gasteiger partial charge on any atom is -0.336 e. The molecule has 7 heteroatoms. The Kier molecular flexibility index (Phi) is 9.23. The number of carbonyl (C=O) groups is 2. The SMILES string of the molecule is O=C1C[C@@]23CCSC=C2C=CC=C3N(C(=O)NCCN2CCC(Cc3ccccc3)CC2)CC1Cc1ccccc1Cl. The fraction of sp³-hybridized carbons (Fsp3) is 0.429. The molecule has 220 valence electrons. The second-order valence-electron chi connectivity index (χ2n) is 12.1. The van der Waals surface area contributed by atoms with Crippen LogP contribution in [-0.2, 0) is 17.6 Å². The summed E-state index contributed by atoms with van der Waals surface area (Å²) in [6.07, 6.45) is 11.6. The van der Waals surface area contributed by atoms with Crippen molar-refractivity contribution in [3.63, 3.8) is 0 Å². The Balaban J connectivity index is 1.12. The Morgan fingerprint density at radius 2 is 1.83 bits per heavy atom. The third-order valence-electron chi connectivity index (χ3n) is 9.50.